The van der Waals surface area contributed by atoms with Gasteiger partial charge in [-0.3, -0.25) is 0 Å². The molecular weight excluding hydrogens is 150 g/mol. The van der Waals surface area contributed by atoms with Gasteiger partial charge in [-0.25, -0.2) is 4.99 Å². The Balaban J connectivity index is 2.45. The zero-order valence-corrected chi connectivity index (χ0v) is 8.14. The van der Waals surface area contributed by atoms with E-state index in [9.17, 15) is 5.11 Å². The third-order valence-corrected chi connectivity index (χ3v) is 2.68. The summed E-state index contributed by atoms with van der Waals surface area (Å²) in [6.45, 7) is 5.12. The van der Waals surface area contributed by atoms with Crippen LogP contribution in [0.1, 0.15) is 39.5 Å². The first kappa shape index (κ1) is 9.56. The van der Waals surface area contributed by atoms with Crippen LogP contribution in [-0.4, -0.2) is 17.5 Å². The molecule has 0 aromatic rings. The molecule has 1 saturated carbocycles. The van der Waals surface area contributed by atoms with Gasteiger partial charge in [-0.05, 0) is 25.7 Å². The van der Waals surface area contributed by atoms with E-state index in [0.29, 0.717) is 11.8 Å². The lowest BCUT2D eigenvalue weighted by atomic mass is 9.82. The predicted molar refractivity (Wildman–Crippen MR) is 50.3 cm³/mol. The van der Waals surface area contributed by atoms with Crippen molar-refractivity contribution in [3.05, 3.63) is 0 Å². The summed E-state index contributed by atoms with van der Waals surface area (Å²) in [5.41, 5.74) is 0. The second-order valence-corrected chi connectivity index (χ2v) is 3.88. The van der Waals surface area contributed by atoms with E-state index in [1.54, 1.807) is 0 Å². The highest BCUT2D eigenvalue weighted by Gasteiger charge is 2.26. The first-order valence-electron chi connectivity index (χ1n) is 5.03. The van der Waals surface area contributed by atoms with Gasteiger partial charge in [0.1, 0.15) is 6.54 Å². The molecule has 0 aliphatic heterocycles. The maximum atomic E-state index is 9.60. The average Bonchev–Trinajstić information content (AvgIpc) is 2.05. The van der Waals surface area contributed by atoms with Crippen molar-refractivity contribution >= 4 is 5.90 Å². The highest BCUT2D eigenvalue weighted by Crippen LogP contribution is 2.27. The van der Waals surface area contributed by atoms with Crippen molar-refractivity contribution in [2.45, 2.75) is 39.5 Å². The van der Waals surface area contributed by atoms with Crippen molar-refractivity contribution < 1.29 is 10.1 Å². The molecule has 0 saturated heterocycles. The Kier molecular flexibility index (Phi) is 3.57. The molecule has 0 bridgehead atoms. The van der Waals surface area contributed by atoms with Gasteiger partial charge < -0.3 is 5.11 Å². The molecule has 0 spiro atoms. The molecule has 1 aliphatic rings. The molecule has 0 heterocycles. The molecule has 0 aromatic carbocycles. The van der Waals surface area contributed by atoms with Crippen molar-refractivity contribution in [1.82, 2.24) is 0 Å². The van der Waals surface area contributed by atoms with Crippen LogP contribution in [0.2, 0.25) is 0 Å². The summed E-state index contributed by atoms with van der Waals surface area (Å²) in [5, 5.41) is 9.60. The van der Waals surface area contributed by atoms with Crippen molar-refractivity contribution in [3.63, 3.8) is 0 Å². The summed E-state index contributed by atoms with van der Waals surface area (Å²) in [6, 6.07) is 0. The lowest BCUT2D eigenvalue weighted by Crippen LogP contribution is -2.74. The van der Waals surface area contributed by atoms with E-state index in [-0.39, 0.29) is 0 Å². The van der Waals surface area contributed by atoms with E-state index in [4.69, 9.17) is 0 Å². The van der Waals surface area contributed by atoms with Crippen LogP contribution < -0.4 is 4.99 Å². The molecule has 2 heteroatoms. The summed E-state index contributed by atoms with van der Waals surface area (Å²) in [6.07, 6.45) is 4.90. The zero-order valence-electron chi connectivity index (χ0n) is 8.14. The molecule has 0 unspecified atom stereocenters. The van der Waals surface area contributed by atoms with Gasteiger partial charge >= 0.3 is 5.90 Å². The van der Waals surface area contributed by atoms with E-state index in [1.807, 2.05) is 6.92 Å². The molecule has 2 N–H and O–H groups in total. The number of nitrogens with one attached hydrogen (secondary N) is 1. The Morgan fingerprint density at radius 3 is 2.83 bits per heavy atom. The number of aliphatic hydroxyl groups excluding tert-OH is 1. The summed E-state index contributed by atoms with van der Waals surface area (Å²) >= 11 is 0. The highest BCUT2D eigenvalue weighted by atomic mass is 16.3. The molecule has 1 fully saturated rings. The third-order valence-electron chi connectivity index (χ3n) is 2.68. The first-order valence-corrected chi connectivity index (χ1v) is 5.03. The van der Waals surface area contributed by atoms with Crippen LogP contribution in [-0.2, 0) is 0 Å². The first-order chi connectivity index (χ1) is 5.74. The molecule has 0 amide bonds. The SMILES string of the molecule is CC[NH+]=C(O)[C@H]1CCC[C@@H](C)C1. The molecule has 1 rings (SSSR count). The monoisotopic (exact) mass is 170 g/mol. The number of aliphatic hydroxyl groups is 1. The number of rotatable bonds is 2. The Labute approximate surface area is 74.7 Å². The lowest BCUT2D eigenvalue weighted by molar-refractivity contribution is -0.465. The topological polar surface area (TPSA) is 34.2 Å². The molecular formula is C10H20NO+. The second-order valence-electron chi connectivity index (χ2n) is 3.88. The van der Waals surface area contributed by atoms with Gasteiger partial charge in [0.2, 0.25) is 0 Å². The Morgan fingerprint density at radius 2 is 2.25 bits per heavy atom. The van der Waals surface area contributed by atoms with Gasteiger partial charge in [0.25, 0.3) is 0 Å². The molecule has 2 nitrogen and oxygen atoms in total. The van der Waals surface area contributed by atoms with Gasteiger partial charge in [-0.1, -0.05) is 19.8 Å². The maximum absolute atomic E-state index is 9.60. The minimum absolute atomic E-state index is 0.411. The zero-order chi connectivity index (χ0) is 8.97. The van der Waals surface area contributed by atoms with Crippen LogP contribution in [0.3, 0.4) is 0 Å². The lowest BCUT2D eigenvalue weighted by Gasteiger charge is -2.22. The van der Waals surface area contributed by atoms with Gasteiger partial charge in [0, 0.05) is 0 Å². The van der Waals surface area contributed by atoms with Crippen LogP contribution in [0.25, 0.3) is 0 Å². The third kappa shape index (κ3) is 2.50. The summed E-state index contributed by atoms with van der Waals surface area (Å²) in [7, 11) is 0. The Morgan fingerprint density at radius 1 is 1.50 bits per heavy atom. The molecule has 70 valence electrons. The normalized spacial score (nSPS) is 32.0. The highest BCUT2D eigenvalue weighted by molar-refractivity contribution is 5.70. The second kappa shape index (κ2) is 4.48. The summed E-state index contributed by atoms with van der Waals surface area (Å²) in [5.74, 6) is 1.71. The van der Waals surface area contributed by atoms with Crippen LogP contribution in [0.15, 0.2) is 0 Å². The average molecular weight is 170 g/mol. The van der Waals surface area contributed by atoms with Crippen LogP contribution in [0.4, 0.5) is 0 Å². The van der Waals surface area contributed by atoms with Gasteiger partial charge in [-0.15, -0.1) is 0 Å². The largest absolute Gasteiger partial charge is 0.463 e. The van der Waals surface area contributed by atoms with Crippen LogP contribution in [0, 0.1) is 11.8 Å². The van der Waals surface area contributed by atoms with E-state index in [2.05, 4.69) is 11.9 Å². The minimum Gasteiger partial charge on any atom is -0.463 e. The van der Waals surface area contributed by atoms with Crippen molar-refractivity contribution in [2.75, 3.05) is 6.54 Å². The predicted octanol–water partition coefficient (Wildman–Crippen LogP) is 0.870. The van der Waals surface area contributed by atoms with Gasteiger partial charge in [-0.2, -0.15) is 0 Å². The molecule has 12 heavy (non-hydrogen) atoms. The van der Waals surface area contributed by atoms with Crippen LogP contribution in [0.5, 0.6) is 0 Å². The Bertz CT molecular complexity index is 165. The molecule has 0 aromatic heterocycles. The molecule has 1 aliphatic carbocycles. The number of hydrogen-bond donors (Lipinski definition) is 2. The van der Waals surface area contributed by atoms with Crippen molar-refractivity contribution in [1.29, 1.82) is 0 Å². The van der Waals surface area contributed by atoms with Crippen molar-refractivity contribution in [3.8, 4) is 0 Å². The van der Waals surface area contributed by atoms with Crippen LogP contribution >= 0.6 is 0 Å². The number of hydrogen-bond acceptors (Lipinski definition) is 0. The van der Waals surface area contributed by atoms with Gasteiger partial charge in [0.15, 0.2) is 0 Å². The summed E-state index contributed by atoms with van der Waals surface area (Å²) in [4.78, 5) is 3.01. The van der Waals surface area contributed by atoms with E-state index < -0.39 is 0 Å². The van der Waals surface area contributed by atoms with Crippen molar-refractivity contribution in [2.24, 2.45) is 11.8 Å². The maximum Gasteiger partial charge on any atom is 0.335 e. The van der Waals surface area contributed by atoms with Gasteiger partial charge in [0.05, 0.1) is 5.92 Å². The standard InChI is InChI=1S/C10H19NO/c1-3-11-10(12)9-6-4-5-8(2)7-9/h8-9H,3-7H2,1-2H3,(H,11,12)/p+1/t8-,9+/m1/s1. The van der Waals surface area contributed by atoms with E-state index >= 15 is 0 Å². The minimum atomic E-state index is 0.411. The Hall–Kier alpha value is -0.530. The van der Waals surface area contributed by atoms with E-state index in [0.717, 1.165) is 25.3 Å². The fraction of sp³-hybridized carbons (Fsp3) is 0.900. The fourth-order valence-electron chi connectivity index (χ4n) is 2.01. The fourth-order valence-corrected chi connectivity index (χ4v) is 2.01. The van der Waals surface area contributed by atoms with E-state index in [1.165, 1.54) is 12.8 Å². The molecule has 0 radical (unpaired) electrons. The summed E-state index contributed by atoms with van der Waals surface area (Å²) < 4.78 is 0. The smallest absolute Gasteiger partial charge is 0.335 e. The molecule has 2 atom stereocenters. The quantitative estimate of drug-likeness (QED) is 0.468.